The molecule has 1 aliphatic carbocycles. The maximum Gasteiger partial charge on any atom is 0.356 e. The standard InChI is InChI=1S/C14H14N2O3/c1-19-14(18)12-11(16-13(17)8-6-7-8)9-4-2-3-5-10(9)15-12/h2-5,8,15H,6-7H2,1H3,(H,16,17). The molecule has 1 amide bonds. The molecule has 1 fully saturated rings. The number of H-pyrrole nitrogens is 1. The number of anilines is 1. The molecule has 0 atom stereocenters. The minimum Gasteiger partial charge on any atom is -0.464 e. The zero-order valence-electron chi connectivity index (χ0n) is 10.5. The highest BCUT2D eigenvalue weighted by Crippen LogP contribution is 2.33. The summed E-state index contributed by atoms with van der Waals surface area (Å²) >= 11 is 0. The van der Waals surface area contributed by atoms with Gasteiger partial charge in [0, 0.05) is 16.8 Å². The molecule has 1 heterocycles. The van der Waals surface area contributed by atoms with Crippen LogP contribution in [0.15, 0.2) is 24.3 Å². The number of methoxy groups -OCH3 is 1. The number of para-hydroxylation sites is 1. The molecule has 3 rings (SSSR count). The molecule has 2 N–H and O–H groups in total. The van der Waals surface area contributed by atoms with Crippen LogP contribution >= 0.6 is 0 Å². The summed E-state index contributed by atoms with van der Waals surface area (Å²) in [5.74, 6) is -0.434. The third-order valence-corrected chi connectivity index (χ3v) is 3.29. The monoisotopic (exact) mass is 258 g/mol. The number of nitrogens with one attached hydrogen (secondary N) is 2. The molecule has 5 nitrogen and oxygen atoms in total. The van der Waals surface area contributed by atoms with Gasteiger partial charge in [-0.3, -0.25) is 4.79 Å². The first-order valence-corrected chi connectivity index (χ1v) is 6.20. The molecule has 5 heteroatoms. The van der Waals surface area contributed by atoms with E-state index in [4.69, 9.17) is 4.74 Å². The van der Waals surface area contributed by atoms with Gasteiger partial charge in [0.25, 0.3) is 0 Å². The molecule has 0 radical (unpaired) electrons. The van der Waals surface area contributed by atoms with E-state index in [0.29, 0.717) is 5.69 Å². The van der Waals surface area contributed by atoms with Crippen molar-refractivity contribution in [2.75, 3.05) is 12.4 Å². The lowest BCUT2D eigenvalue weighted by molar-refractivity contribution is -0.117. The predicted octanol–water partition coefficient (Wildman–Crippen LogP) is 2.30. The highest BCUT2D eigenvalue weighted by atomic mass is 16.5. The number of esters is 1. The van der Waals surface area contributed by atoms with E-state index in [1.165, 1.54) is 7.11 Å². The Kier molecular flexibility index (Phi) is 2.74. The van der Waals surface area contributed by atoms with E-state index < -0.39 is 5.97 Å². The number of rotatable bonds is 3. The number of aromatic nitrogens is 1. The molecule has 1 aromatic heterocycles. The second-order valence-electron chi connectivity index (χ2n) is 4.68. The minimum absolute atomic E-state index is 0.0325. The molecule has 0 aliphatic heterocycles. The van der Waals surface area contributed by atoms with Crippen molar-refractivity contribution in [2.45, 2.75) is 12.8 Å². The molecular weight excluding hydrogens is 244 g/mol. The van der Waals surface area contributed by atoms with E-state index in [1.54, 1.807) is 0 Å². The van der Waals surface area contributed by atoms with E-state index in [1.807, 2.05) is 24.3 Å². The van der Waals surface area contributed by atoms with Crippen LogP contribution in [0.2, 0.25) is 0 Å². The van der Waals surface area contributed by atoms with Crippen molar-refractivity contribution in [3.05, 3.63) is 30.0 Å². The van der Waals surface area contributed by atoms with Gasteiger partial charge in [-0.15, -0.1) is 0 Å². The highest BCUT2D eigenvalue weighted by molar-refractivity contribution is 6.11. The Morgan fingerprint density at radius 1 is 1.32 bits per heavy atom. The third-order valence-electron chi connectivity index (χ3n) is 3.29. The number of aromatic amines is 1. The topological polar surface area (TPSA) is 71.2 Å². The summed E-state index contributed by atoms with van der Waals surface area (Å²) in [5.41, 5.74) is 1.60. The van der Waals surface area contributed by atoms with E-state index in [9.17, 15) is 9.59 Å². The van der Waals surface area contributed by atoms with E-state index in [0.717, 1.165) is 23.7 Å². The predicted molar refractivity (Wildman–Crippen MR) is 71.0 cm³/mol. The number of benzene rings is 1. The third kappa shape index (κ3) is 2.07. The van der Waals surface area contributed by atoms with Crippen LogP contribution in [-0.4, -0.2) is 24.0 Å². The van der Waals surface area contributed by atoms with Crippen molar-refractivity contribution >= 4 is 28.5 Å². The van der Waals surface area contributed by atoms with Gasteiger partial charge >= 0.3 is 5.97 Å². The fourth-order valence-corrected chi connectivity index (χ4v) is 2.10. The summed E-state index contributed by atoms with van der Waals surface area (Å²) in [4.78, 5) is 26.7. The molecule has 19 heavy (non-hydrogen) atoms. The summed E-state index contributed by atoms with van der Waals surface area (Å²) in [6.45, 7) is 0. The quantitative estimate of drug-likeness (QED) is 0.830. The van der Waals surface area contributed by atoms with E-state index in [-0.39, 0.29) is 17.5 Å². The van der Waals surface area contributed by atoms with Crippen LogP contribution in [0.3, 0.4) is 0 Å². The van der Waals surface area contributed by atoms with Gasteiger partial charge in [0.05, 0.1) is 12.8 Å². The van der Waals surface area contributed by atoms with Crippen molar-refractivity contribution < 1.29 is 14.3 Å². The number of amides is 1. The van der Waals surface area contributed by atoms with Gasteiger partial charge in [-0.25, -0.2) is 4.79 Å². The molecule has 0 saturated heterocycles. The number of carbonyl (C=O) groups is 2. The Labute approximate surface area is 109 Å². The molecule has 1 saturated carbocycles. The Bertz CT molecular complexity index is 656. The van der Waals surface area contributed by atoms with E-state index >= 15 is 0 Å². The molecule has 0 unspecified atom stereocenters. The number of hydrogen-bond acceptors (Lipinski definition) is 3. The maximum atomic E-state index is 11.9. The molecule has 1 aromatic carbocycles. The second kappa shape index (κ2) is 4.42. The zero-order valence-corrected chi connectivity index (χ0v) is 10.5. The molecule has 2 aromatic rings. The SMILES string of the molecule is COC(=O)c1[nH]c2ccccc2c1NC(=O)C1CC1. The smallest absolute Gasteiger partial charge is 0.356 e. The molecule has 1 aliphatic rings. The molecular formula is C14H14N2O3. The van der Waals surface area contributed by atoms with Gasteiger partial charge in [0.1, 0.15) is 5.69 Å². The van der Waals surface area contributed by atoms with Crippen molar-refractivity contribution in [3.63, 3.8) is 0 Å². The van der Waals surface area contributed by atoms with Crippen molar-refractivity contribution in [2.24, 2.45) is 5.92 Å². The first-order valence-electron chi connectivity index (χ1n) is 6.20. The minimum atomic E-state index is -0.484. The van der Waals surface area contributed by atoms with Crippen LogP contribution in [0, 0.1) is 5.92 Å². The summed E-state index contributed by atoms with van der Waals surface area (Å²) in [6.07, 6.45) is 1.84. The fourth-order valence-electron chi connectivity index (χ4n) is 2.10. The lowest BCUT2D eigenvalue weighted by Crippen LogP contribution is -2.16. The lowest BCUT2D eigenvalue weighted by atomic mass is 10.2. The number of carbonyl (C=O) groups excluding carboxylic acids is 2. The van der Waals surface area contributed by atoms with Gasteiger partial charge in [0.15, 0.2) is 0 Å². The van der Waals surface area contributed by atoms with Gasteiger partial charge in [0.2, 0.25) is 5.91 Å². The Morgan fingerprint density at radius 3 is 2.74 bits per heavy atom. The van der Waals surface area contributed by atoms with Gasteiger partial charge < -0.3 is 15.0 Å². The van der Waals surface area contributed by atoms with Crippen LogP contribution < -0.4 is 5.32 Å². The molecule has 0 spiro atoms. The van der Waals surface area contributed by atoms with E-state index in [2.05, 4.69) is 10.3 Å². The zero-order chi connectivity index (χ0) is 13.4. The van der Waals surface area contributed by atoms with Crippen LogP contribution in [0.4, 0.5) is 5.69 Å². The second-order valence-corrected chi connectivity index (χ2v) is 4.68. The average molecular weight is 258 g/mol. The maximum absolute atomic E-state index is 11.9. The summed E-state index contributed by atoms with van der Waals surface area (Å²) < 4.78 is 4.74. The first kappa shape index (κ1) is 11.8. The van der Waals surface area contributed by atoms with Crippen molar-refractivity contribution in [3.8, 4) is 0 Å². The Balaban J connectivity index is 2.07. The van der Waals surface area contributed by atoms with Crippen LogP contribution in [0.1, 0.15) is 23.3 Å². The van der Waals surface area contributed by atoms with Crippen LogP contribution in [-0.2, 0) is 9.53 Å². The van der Waals surface area contributed by atoms with Crippen molar-refractivity contribution in [1.29, 1.82) is 0 Å². The summed E-state index contributed by atoms with van der Waals surface area (Å²) in [5, 5.41) is 3.66. The number of fused-ring (bicyclic) bond motifs is 1. The summed E-state index contributed by atoms with van der Waals surface area (Å²) in [6, 6.07) is 7.45. The van der Waals surface area contributed by atoms with Crippen LogP contribution in [0.25, 0.3) is 10.9 Å². The number of hydrogen-bond donors (Lipinski definition) is 2. The largest absolute Gasteiger partial charge is 0.464 e. The first-order chi connectivity index (χ1) is 9.20. The fraction of sp³-hybridized carbons (Fsp3) is 0.286. The van der Waals surface area contributed by atoms with Gasteiger partial charge in [-0.05, 0) is 18.9 Å². The molecule has 98 valence electrons. The van der Waals surface area contributed by atoms with Crippen molar-refractivity contribution in [1.82, 2.24) is 4.98 Å². The normalized spacial score (nSPS) is 14.4. The Hall–Kier alpha value is -2.30. The lowest BCUT2D eigenvalue weighted by Gasteiger charge is -2.05. The Morgan fingerprint density at radius 2 is 2.05 bits per heavy atom. The summed E-state index contributed by atoms with van der Waals surface area (Å²) in [7, 11) is 1.32. The van der Waals surface area contributed by atoms with Gasteiger partial charge in [-0.2, -0.15) is 0 Å². The highest BCUT2D eigenvalue weighted by Gasteiger charge is 2.31. The van der Waals surface area contributed by atoms with Gasteiger partial charge in [-0.1, -0.05) is 18.2 Å². The average Bonchev–Trinajstić information content (AvgIpc) is 3.22. The number of ether oxygens (including phenoxy) is 1. The van der Waals surface area contributed by atoms with Crippen LogP contribution in [0.5, 0.6) is 0 Å². The molecule has 0 bridgehead atoms.